The van der Waals surface area contributed by atoms with E-state index in [9.17, 15) is 19.1 Å². The van der Waals surface area contributed by atoms with Crippen LogP contribution >= 0.6 is 11.6 Å². The average molecular weight is 668 g/mol. The number of methoxy groups -OCH3 is 1. The number of carboxylic acid groups (broad SMARTS) is 1. The first-order valence-electron chi connectivity index (χ1n) is 14.9. The first-order chi connectivity index (χ1) is 22.7. The molecule has 0 bridgehead atoms. The SMILES string of the molecule is COc1ccc(-c2cnc3c(Nc4ccc(C(=O)N5CCN(C(=O)[C@H]6CCNC[C@@H]6O)CC5)c(C)c4)nccn23)c(Cl)c1F.O=CO. The summed E-state index contributed by atoms with van der Waals surface area (Å²) in [5.41, 5.74) is 3.64. The van der Waals surface area contributed by atoms with Gasteiger partial charge in [-0.05, 0) is 55.8 Å². The van der Waals surface area contributed by atoms with Gasteiger partial charge in [0, 0.05) is 61.9 Å². The van der Waals surface area contributed by atoms with E-state index in [1.165, 1.54) is 13.2 Å². The molecular formula is C32H35ClFN7O6. The summed E-state index contributed by atoms with van der Waals surface area (Å²) in [4.78, 5) is 47.2. The lowest BCUT2D eigenvalue weighted by Gasteiger charge is -2.38. The average Bonchev–Trinajstić information content (AvgIpc) is 3.51. The predicted octanol–water partition coefficient (Wildman–Crippen LogP) is 3.21. The molecule has 2 aliphatic heterocycles. The summed E-state index contributed by atoms with van der Waals surface area (Å²) in [7, 11) is 1.38. The molecule has 0 aliphatic carbocycles. The van der Waals surface area contributed by atoms with Gasteiger partial charge in [-0.15, -0.1) is 0 Å². The van der Waals surface area contributed by atoms with Crippen LogP contribution in [0.3, 0.4) is 0 Å². The number of aliphatic hydroxyl groups excluding tert-OH is 1. The van der Waals surface area contributed by atoms with Crippen molar-refractivity contribution < 1.29 is 33.7 Å². The number of hydrogen-bond acceptors (Lipinski definition) is 9. The van der Waals surface area contributed by atoms with Gasteiger partial charge in [-0.25, -0.2) is 14.4 Å². The van der Waals surface area contributed by atoms with E-state index in [1.54, 1.807) is 44.9 Å². The van der Waals surface area contributed by atoms with Crippen molar-refractivity contribution in [3.05, 3.63) is 70.9 Å². The number of anilines is 2. The molecule has 0 spiro atoms. The minimum Gasteiger partial charge on any atom is -0.494 e. The van der Waals surface area contributed by atoms with Gasteiger partial charge in [-0.3, -0.25) is 18.8 Å². The molecule has 2 saturated heterocycles. The van der Waals surface area contributed by atoms with Crippen molar-refractivity contribution in [2.45, 2.75) is 19.4 Å². The summed E-state index contributed by atoms with van der Waals surface area (Å²) < 4.78 is 21.4. The zero-order valence-electron chi connectivity index (χ0n) is 25.8. The fourth-order valence-electron chi connectivity index (χ4n) is 5.88. The van der Waals surface area contributed by atoms with E-state index in [-0.39, 0.29) is 29.1 Å². The number of nitrogens with one attached hydrogen (secondary N) is 2. The maximum atomic E-state index is 14.6. The number of benzene rings is 2. The molecule has 4 aromatic rings. The molecule has 2 aromatic carbocycles. The van der Waals surface area contributed by atoms with Crippen LogP contribution in [0.15, 0.2) is 48.9 Å². The van der Waals surface area contributed by atoms with Crippen molar-refractivity contribution in [1.82, 2.24) is 29.5 Å². The number of hydrogen-bond donors (Lipinski definition) is 4. The number of ether oxygens (including phenoxy) is 1. The third-order valence-electron chi connectivity index (χ3n) is 8.34. The molecule has 4 heterocycles. The highest BCUT2D eigenvalue weighted by Crippen LogP contribution is 2.36. The van der Waals surface area contributed by atoms with Crippen LogP contribution in [0.4, 0.5) is 15.9 Å². The monoisotopic (exact) mass is 667 g/mol. The Morgan fingerprint density at radius 2 is 1.87 bits per heavy atom. The zero-order chi connectivity index (χ0) is 33.7. The molecule has 4 N–H and O–H groups in total. The largest absolute Gasteiger partial charge is 0.494 e. The summed E-state index contributed by atoms with van der Waals surface area (Å²) in [6, 6.07) is 8.65. The quantitative estimate of drug-likeness (QED) is 0.225. The summed E-state index contributed by atoms with van der Waals surface area (Å²) >= 11 is 6.32. The highest BCUT2D eigenvalue weighted by molar-refractivity contribution is 6.33. The second-order valence-electron chi connectivity index (χ2n) is 11.1. The first-order valence-corrected chi connectivity index (χ1v) is 15.3. The number of β-amino-alcohol motifs (C(OH)–C–C–N with tert-alkyl or cyclic N) is 1. The van der Waals surface area contributed by atoms with E-state index in [4.69, 9.17) is 26.2 Å². The number of aryl methyl sites for hydroxylation is 1. The lowest BCUT2D eigenvalue weighted by Crippen LogP contribution is -2.55. The number of fused-ring (bicyclic) bond motifs is 1. The maximum absolute atomic E-state index is 14.6. The van der Waals surface area contributed by atoms with Gasteiger partial charge >= 0.3 is 0 Å². The van der Waals surface area contributed by atoms with Crippen LogP contribution in [0.2, 0.25) is 5.02 Å². The van der Waals surface area contributed by atoms with Gasteiger partial charge in [0.25, 0.3) is 12.4 Å². The third-order valence-corrected chi connectivity index (χ3v) is 8.71. The van der Waals surface area contributed by atoms with E-state index in [2.05, 4.69) is 20.6 Å². The van der Waals surface area contributed by atoms with Crippen molar-refractivity contribution in [3.63, 3.8) is 0 Å². The molecule has 2 aliphatic rings. The molecule has 2 aromatic heterocycles. The fourth-order valence-corrected chi connectivity index (χ4v) is 6.13. The van der Waals surface area contributed by atoms with Crippen molar-refractivity contribution in [2.24, 2.45) is 5.92 Å². The Labute approximate surface area is 274 Å². The second-order valence-corrected chi connectivity index (χ2v) is 11.5. The third kappa shape index (κ3) is 6.99. The Balaban J connectivity index is 0.00000139. The second kappa shape index (κ2) is 14.8. The van der Waals surface area contributed by atoms with Gasteiger partial charge in [-0.2, -0.15) is 0 Å². The number of aromatic nitrogens is 3. The van der Waals surface area contributed by atoms with Gasteiger partial charge < -0.3 is 35.4 Å². The van der Waals surface area contributed by atoms with Gasteiger partial charge in [-0.1, -0.05) is 11.6 Å². The molecule has 0 unspecified atom stereocenters. The summed E-state index contributed by atoms with van der Waals surface area (Å²) in [6.45, 7) is 4.50. The van der Waals surface area contributed by atoms with Crippen LogP contribution in [-0.4, -0.2) is 105 Å². The molecule has 15 heteroatoms. The molecule has 248 valence electrons. The summed E-state index contributed by atoms with van der Waals surface area (Å²) in [5.74, 6) is -0.638. The summed E-state index contributed by atoms with van der Waals surface area (Å²) in [6.07, 6.45) is 4.86. The molecule has 6 rings (SSSR count). The van der Waals surface area contributed by atoms with Gasteiger partial charge in [0.05, 0.1) is 36.0 Å². The summed E-state index contributed by atoms with van der Waals surface area (Å²) in [5, 5.41) is 23.4. The lowest BCUT2D eigenvalue weighted by molar-refractivity contribution is -0.142. The normalized spacial score (nSPS) is 17.9. The number of imidazole rings is 1. The minimum atomic E-state index is -0.681. The van der Waals surface area contributed by atoms with Gasteiger partial charge in [0.2, 0.25) is 5.91 Å². The molecule has 13 nitrogen and oxygen atoms in total. The molecule has 0 radical (unpaired) electrons. The van der Waals surface area contributed by atoms with Crippen LogP contribution < -0.4 is 15.4 Å². The Kier molecular flexibility index (Phi) is 10.5. The van der Waals surface area contributed by atoms with E-state index in [1.807, 2.05) is 19.1 Å². The zero-order valence-corrected chi connectivity index (χ0v) is 26.6. The standard InChI is InChI=1S/C31H33ClFN7O4.CH2O2/c1-18-15-19(3-4-20(18)30(42)38-11-13-39(14-12-38)31(43)22-7-8-34-17-24(22)41)37-28-29-36-16-23(40(29)10-9-35-28)21-5-6-25(44-2)27(33)26(21)32;2-1-3/h3-6,9-10,15-16,22,24,34,41H,7-8,11-14,17H2,1-2H3,(H,35,37);1H,(H,2,3)/t22-,24-;/m0./s1. The predicted molar refractivity (Wildman–Crippen MR) is 173 cm³/mol. The number of piperazine rings is 1. The Morgan fingerprint density at radius 3 is 2.55 bits per heavy atom. The fraction of sp³-hybridized carbons (Fsp3) is 0.344. The Hall–Kier alpha value is -4.79. The maximum Gasteiger partial charge on any atom is 0.290 e. The van der Waals surface area contributed by atoms with E-state index in [0.29, 0.717) is 79.7 Å². The molecule has 2 atom stereocenters. The first kappa shape index (κ1) is 33.6. The van der Waals surface area contributed by atoms with Crippen molar-refractivity contribution in [1.29, 1.82) is 0 Å². The van der Waals surface area contributed by atoms with Gasteiger partial charge in [0.1, 0.15) is 0 Å². The number of carbonyl (C=O) groups excluding carboxylic acids is 2. The van der Waals surface area contributed by atoms with E-state index >= 15 is 0 Å². The molecule has 2 fully saturated rings. The van der Waals surface area contributed by atoms with Crippen molar-refractivity contribution >= 4 is 47.0 Å². The van der Waals surface area contributed by atoms with Crippen LogP contribution in [0.1, 0.15) is 22.3 Å². The minimum absolute atomic E-state index is 0.0369. The number of carbonyl (C=O) groups is 3. The van der Waals surface area contributed by atoms with Crippen molar-refractivity contribution in [2.75, 3.05) is 51.7 Å². The number of piperidine rings is 1. The molecular weight excluding hydrogens is 633 g/mol. The Morgan fingerprint density at radius 1 is 1.15 bits per heavy atom. The smallest absolute Gasteiger partial charge is 0.290 e. The van der Waals surface area contributed by atoms with Crippen LogP contribution in [0, 0.1) is 18.7 Å². The van der Waals surface area contributed by atoms with Crippen LogP contribution in [-0.2, 0) is 9.59 Å². The van der Waals surface area contributed by atoms with Crippen LogP contribution in [0.5, 0.6) is 5.75 Å². The highest BCUT2D eigenvalue weighted by Gasteiger charge is 2.34. The Bertz CT molecular complexity index is 1780. The molecule has 47 heavy (non-hydrogen) atoms. The van der Waals surface area contributed by atoms with E-state index in [0.717, 1.165) is 5.56 Å². The van der Waals surface area contributed by atoms with E-state index < -0.39 is 17.8 Å². The number of amides is 2. The highest BCUT2D eigenvalue weighted by atomic mass is 35.5. The van der Waals surface area contributed by atoms with Crippen LogP contribution in [0.25, 0.3) is 16.9 Å². The van der Waals surface area contributed by atoms with Gasteiger partial charge in [0.15, 0.2) is 23.0 Å². The number of aliphatic hydroxyl groups is 1. The van der Waals surface area contributed by atoms with Crippen molar-refractivity contribution in [3.8, 4) is 17.0 Å². The topological polar surface area (TPSA) is 162 Å². The lowest BCUT2D eigenvalue weighted by atomic mass is 9.93. The number of nitrogens with zero attached hydrogens (tertiary/aromatic N) is 5. The number of halogens is 2. The number of rotatable bonds is 6. The molecule has 2 amide bonds. The molecule has 0 saturated carbocycles.